The van der Waals surface area contributed by atoms with Crippen LogP contribution in [0, 0.1) is 0 Å². The summed E-state index contributed by atoms with van der Waals surface area (Å²) in [5.41, 5.74) is 2.77. The molecule has 0 N–H and O–H groups in total. The van der Waals surface area contributed by atoms with Crippen molar-refractivity contribution in [3.63, 3.8) is 0 Å². The Labute approximate surface area is 140 Å². The number of hydrogen-bond acceptors (Lipinski definition) is 3. The van der Waals surface area contributed by atoms with Crippen LogP contribution in [0.3, 0.4) is 0 Å². The van der Waals surface area contributed by atoms with Gasteiger partial charge in [0.05, 0.1) is 13.2 Å². The lowest BCUT2D eigenvalue weighted by atomic mass is 10.00. The number of nitrogens with zero attached hydrogens (tertiary/aromatic N) is 2. The van der Waals surface area contributed by atoms with Crippen LogP contribution in [0.1, 0.15) is 31.7 Å². The Kier molecular flexibility index (Phi) is 6.26. The van der Waals surface area contributed by atoms with Crippen molar-refractivity contribution in [2.24, 2.45) is 0 Å². The maximum atomic E-state index is 5.48. The Morgan fingerprint density at radius 2 is 1.91 bits per heavy atom. The fourth-order valence-electron chi connectivity index (χ4n) is 3.76. The molecular formula is C20H30N2O. The first-order valence-electron chi connectivity index (χ1n) is 9.07. The van der Waals surface area contributed by atoms with Gasteiger partial charge in [0.25, 0.3) is 0 Å². The van der Waals surface area contributed by atoms with Gasteiger partial charge in [0.15, 0.2) is 0 Å². The second kappa shape index (κ2) is 8.62. The van der Waals surface area contributed by atoms with Gasteiger partial charge in [0, 0.05) is 32.2 Å². The minimum Gasteiger partial charge on any atom is -0.379 e. The van der Waals surface area contributed by atoms with E-state index in [1.54, 1.807) is 0 Å². The summed E-state index contributed by atoms with van der Waals surface area (Å²) in [7, 11) is 0. The molecule has 0 spiro atoms. The number of morpholine rings is 1. The van der Waals surface area contributed by atoms with Crippen molar-refractivity contribution in [1.82, 2.24) is 9.80 Å². The van der Waals surface area contributed by atoms with Crippen LogP contribution < -0.4 is 0 Å². The van der Waals surface area contributed by atoms with Crippen LogP contribution in [-0.2, 0) is 4.74 Å². The Morgan fingerprint density at radius 3 is 2.70 bits per heavy atom. The molecule has 3 heteroatoms. The van der Waals surface area contributed by atoms with E-state index in [-0.39, 0.29) is 0 Å². The second-order valence-corrected chi connectivity index (χ2v) is 6.93. The molecule has 1 atom stereocenters. The van der Waals surface area contributed by atoms with Crippen LogP contribution in [0.15, 0.2) is 35.9 Å². The largest absolute Gasteiger partial charge is 0.379 e. The number of hydrogen-bond donors (Lipinski definition) is 0. The zero-order valence-corrected chi connectivity index (χ0v) is 14.4. The van der Waals surface area contributed by atoms with Crippen LogP contribution in [0.5, 0.6) is 0 Å². The Morgan fingerprint density at radius 1 is 1.13 bits per heavy atom. The summed E-state index contributed by atoms with van der Waals surface area (Å²) < 4.78 is 5.48. The van der Waals surface area contributed by atoms with Gasteiger partial charge in [-0.2, -0.15) is 0 Å². The second-order valence-electron chi connectivity index (χ2n) is 6.93. The fraction of sp³-hybridized carbons (Fsp3) is 0.600. The number of likely N-dealkylation sites (tertiary alicyclic amines) is 1. The van der Waals surface area contributed by atoms with Gasteiger partial charge >= 0.3 is 0 Å². The lowest BCUT2D eigenvalue weighted by Gasteiger charge is -2.39. The summed E-state index contributed by atoms with van der Waals surface area (Å²) in [4.78, 5) is 5.29. The van der Waals surface area contributed by atoms with Gasteiger partial charge in [-0.15, -0.1) is 0 Å². The lowest BCUT2D eigenvalue weighted by molar-refractivity contribution is 0.0182. The van der Waals surface area contributed by atoms with E-state index in [2.05, 4.69) is 53.1 Å². The van der Waals surface area contributed by atoms with E-state index in [1.165, 1.54) is 43.5 Å². The smallest absolute Gasteiger partial charge is 0.0594 e. The summed E-state index contributed by atoms with van der Waals surface area (Å²) >= 11 is 0. The number of benzene rings is 1. The third-order valence-electron chi connectivity index (χ3n) is 4.99. The lowest BCUT2D eigenvalue weighted by Crippen LogP contribution is -2.49. The summed E-state index contributed by atoms with van der Waals surface area (Å²) in [6.45, 7) is 9.83. The van der Waals surface area contributed by atoms with Crippen molar-refractivity contribution >= 4 is 6.08 Å². The van der Waals surface area contributed by atoms with Crippen LogP contribution in [-0.4, -0.2) is 61.8 Å². The first-order valence-corrected chi connectivity index (χ1v) is 9.07. The van der Waals surface area contributed by atoms with Gasteiger partial charge < -0.3 is 4.74 Å². The van der Waals surface area contributed by atoms with E-state index in [1.807, 2.05) is 0 Å². The highest BCUT2D eigenvalue weighted by molar-refractivity contribution is 5.52. The molecule has 126 valence electrons. The standard InChI is InChI=1S/C20H30N2O/c1-18(15-19-7-3-2-4-8-19)16-22-10-6-5-9-20(22)17-21-11-13-23-14-12-21/h2-4,7-8,15,20H,5-6,9-14,16-17H2,1H3. The van der Waals surface area contributed by atoms with E-state index >= 15 is 0 Å². The van der Waals surface area contributed by atoms with E-state index in [0.717, 1.165) is 32.8 Å². The van der Waals surface area contributed by atoms with Gasteiger partial charge in [0.2, 0.25) is 0 Å². The SMILES string of the molecule is CC(=Cc1ccccc1)CN1CCCCC1CN1CCOCC1. The van der Waals surface area contributed by atoms with Crippen LogP contribution >= 0.6 is 0 Å². The maximum Gasteiger partial charge on any atom is 0.0594 e. The van der Waals surface area contributed by atoms with Gasteiger partial charge in [-0.25, -0.2) is 0 Å². The van der Waals surface area contributed by atoms with E-state index < -0.39 is 0 Å². The summed E-state index contributed by atoms with van der Waals surface area (Å²) in [6.07, 6.45) is 6.40. The number of piperidine rings is 1. The van der Waals surface area contributed by atoms with E-state index in [4.69, 9.17) is 4.74 Å². The molecule has 3 rings (SSSR count). The number of rotatable bonds is 5. The normalized spacial score (nSPS) is 24.7. The predicted molar refractivity (Wildman–Crippen MR) is 96.6 cm³/mol. The Hall–Kier alpha value is -1.16. The molecule has 0 amide bonds. The van der Waals surface area contributed by atoms with Gasteiger partial charge in [-0.05, 0) is 31.9 Å². The molecular weight excluding hydrogens is 284 g/mol. The first kappa shape index (κ1) is 16.7. The van der Waals surface area contributed by atoms with E-state index in [0.29, 0.717) is 6.04 Å². The summed E-state index contributed by atoms with van der Waals surface area (Å²) in [5.74, 6) is 0. The average Bonchev–Trinajstić information content (AvgIpc) is 2.58. The van der Waals surface area contributed by atoms with Crippen molar-refractivity contribution < 1.29 is 4.74 Å². The van der Waals surface area contributed by atoms with Crippen molar-refractivity contribution in [3.8, 4) is 0 Å². The monoisotopic (exact) mass is 314 g/mol. The van der Waals surface area contributed by atoms with Gasteiger partial charge in [-0.1, -0.05) is 48.4 Å². The summed E-state index contributed by atoms with van der Waals surface area (Å²) in [5, 5.41) is 0. The third-order valence-corrected chi connectivity index (χ3v) is 4.99. The molecule has 0 aliphatic carbocycles. The Bertz CT molecular complexity index is 494. The molecule has 2 heterocycles. The minimum absolute atomic E-state index is 0.709. The van der Waals surface area contributed by atoms with Crippen molar-refractivity contribution in [2.45, 2.75) is 32.2 Å². The van der Waals surface area contributed by atoms with Gasteiger partial charge in [-0.3, -0.25) is 9.80 Å². The fourth-order valence-corrected chi connectivity index (χ4v) is 3.76. The highest BCUT2D eigenvalue weighted by Gasteiger charge is 2.25. The Balaban J connectivity index is 1.58. The van der Waals surface area contributed by atoms with Crippen LogP contribution in [0.4, 0.5) is 0 Å². The molecule has 2 aliphatic heterocycles. The topological polar surface area (TPSA) is 15.7 Å². The molecule has 3 nitrogen and oxygen atoms in total. The van der Waals surface area contributed by atoms with Crippen molar-refractivity contribution in [3.05, 3.63) is 41.5 Å². The zero-order chi connectivity index (χ0) is 15.9. The predicted octanol–water partition coefficient (Wildman–Crippen LogP) is 3.28. The maximum absolute atomic E-state index is 5.48. The quantitative estimate of drug-likeness (QED) is 0.829. The summed E-state index contributed by atoms with van der Waals surface area (Å²) in [6, 6.07) is 11.4. The van der Waals surface area contributed by atoms with Crippen LogP contribution in [0.25, 0.3) is 6.08 Å². The number of ether oxygens (including phenoxy) is 1. The third kappa shape index (κ3) is 5.17. The minimum atomic E-state index is 0.709. The molecule has 1 aromatic rings. The first-order chi connectivity index (χ1) is 11.3. The molecule has 0 bridgehead atoms. The van der Waals surface area contributed by atoms with Crippen LogP contribution in [0.2, 0.25) is 0 Å². The average molecular weight is 314 g/mol. The van der Waals surface area contributed by atoms with Gasteiger partial charge in [0.1, 0.15) is 0 Å². The molecule has 2 aliphatic rings. The zero-order valence-electron chi connectivity index (χ0n) is 14.4. The van der Waals surface area contributed by atoms with Crippen molar-refractivity contribution in [2.75, 3.05) is 45.9 Å². The van der Waals surface area contributed by atoms with E-state index in [9.17, 15) is 0 Å². The molecule has 0 radical (unpaired) electrons. The molecule has 1 unspecified atom stereocenters. The molecule has 23 heavy (non-hydrogen) atoms. The highest BCUT2D eigenvalue weighted by Crippen LogP contribution is 2.20. The molecule has 1 aromatic carbocycles. The molecule has 0 aromatic heterocycles. The molecule has 2 fully saturated rings. The molecule has 2 saturated heterocycles. The van der Waals surface area contributed by atoms with Crippen molar-refractivity contribution in [1.29, 1.82) is 0 Å². The highest BCUT2D eigenvalue weighted by atomic mass is 16.5. The molecule has 0 saturated carbocycles.